The van der Waals surface area contributed by atoms with Gasteiger partial charge >= 0.3 is 0 Å². The number of amides is 1. The minimum atomic E-state index is -0.633. The molecule has 2 heterocycles. The number of nitrogens with one attached hydrogen (secondary N) is 2. The highest BCUT2D eigenvalue weighted by Crippen LogP contribution is 2.40. The topological polar surface area (TPSA) is 81.1 Å². The molecule has 0 saturated heterocycles. The Kier molecular flexibility index (Phi) is 6.19. The number of nitrogens with zero attached hydrogens (tertiary/aromatic N) is 3. The van der Waals surface area contributed by atoms with Crippen molar-refractivity contribution in [3.63, 3.8) is 0 Å². The highest BCUT2D eigenvalue weighted by Gasteiger charge is 2.35. The Labute approximate surface area is 212 Å². The quantitative estimate of drug-likeness (QED) is 0.338. The summed E-state index contributed by atoms with van der Waals surface area (Å²) in [5, 5.41) is 11.9. The van der Waals surface area contributed by atoms with Gasteiger partial charge in [0, 0.05) is 32.6 Å². The number of hydrogen-bond acceptors (Lipinski definition) is 5. The average molecular weight is 506 g/mol. The van der Waals surface area contributed by atoms with Crippen molar-refractivity contribution in [1.29, 1.82) is 0 Å². The van der Waals surface area contributed by atoms with Gasteiger partial charge in [-0.3, -0.25) is 4.79 Å². The molecule has 0 spiro atoms. The van der Waals surface area contributed by atoms with Gasteiger partial charge in [-0.2, -0.15) is 4.98 Å². The van der Waals surface area contributed by atoms with E-state index in [0.717, 1.165) is 5.56 Å². The van der Waals surface area contributed by atoms with Crippen LogP contribution in [0, 0.1) is 0 Å². The predicted octanol–water partition coefficient (Wildman–Crippen LogP) is 6.19. The van der Waals surface area contributed by atoms with E-state index in [1.807, 2.05) is 61.5 Å². The van der Waals surface area contributed by atoms with Crippen LogP contribution in [0.25, 0.3) is 11.4 Å². The van der Waals surface area contributed by atoms with E-state index in [1.54, 1.807) is 30.0 Å². The Bertz CT molecular complexity index is 1450. The summed E-state index contributed by atoms with van der Waals surface area (Å²) in [6.45, 7) is 1.83. The lowest BCUT2D eigenvalue weighted by molar-refractivity contribution is -0.113. The molecule has 1 aliphatic heterocycles. The first kappa shape index (κ1) is 23.0. The molecule has 5 rings (SSSR count). The van der Waals surface area contributed by atoms with Gasteiger partial charge in [-0.05, 0) is 43.3 Å². The standard InChI is InChI=1S/C26H21Cl2N5O2/c1-15-22(25(34)30-18-8-4-3-5-9-18)23(20-12-11-17(27)14-21(20)28)33-26(29-15)31-24(32-33)16-7-6-10-19(13-16)35-2/h3-14,23H,1-2H3,(H,30,34)(H,29,31,32). The number of methoxy groups -OCH3 is 1. The second-order valence-corrected chi connectivity index (χ2v) is 8.83. The molecular formula is C26H21Cl2N5O2. The summed E-state index contributed by atoms with van der Waals surface area (Å²) in [7, 11) is 1.61. The number of anilines is 2. The van der Waals surface area contributed by atoms with Crippen LogP contribution in [0.15, 0.2) is 84.1 Å². The van der Waals surface area contributed by atoms with Crippen molar-refractivity contribution < 1.29 is 9.53 Å². The van der Waals surface area contributed by atoms with E-state index in [4.69, 9.17) is 38.0 Å². The molecule has 35 heavy (non-hydrogen) atoms. The third kappa shape index (κ3) is 4.48. The number of halogens is 2. The molecule has 0 aliphatic carbocycles. The lowest BCUT2D eigenvalue weighted by Crippen LogP contribution is -2.31. The van der Waals surface area contributed by atoms with Crippen molar-refractivity contribution in [2.24, 2.45) is 0 Å². The Hall–Kier alpha value is -3.81. The first-order chi connectivity index (χ1) is 16.9. The molecule has 4 aromatic rings. The molecule has 0 radical (unpaired) electrons. The molecule has 9 heteroatoms. The molecule has 7 nitrogen and oxygen atoms in total. The van der Waals surface area contributed by atoms with Crippen molar-refractivity contribution in [3.8, 4) is 17.1 Å². The number of benzene rings is 3. The van der Waals surface area contributed by atoms with Crippen molar-refractivity contribution in [1.82, 2.24) is 14.8 Å². The summed E-state index contributed by atoms with van der Waals surface area (Å²) >= 11 is 12.8. The summed E-state index contributed by atoms with van der Waals surface area (Å²) in [5.74, 6) is 1.39. The van der Waals surface area contributed by atoms with Crippen LogP contribution in [0.4, 0.5) is 11.6 Å². The molecule has 1 aliphatic rings. The van der Waals surface area contributed by atoms with Gasteiger partial charge in [-0.25, -0.2) is 4.68 Å². The third-order valence-electron chi connectivity index (χ3n) is 5.71. The van der Waals surface area contributed by atoms with Crippen LogP contribution >= 0.6 is 23.2 Å². The van der Waals surface area contributed by atoms with E-state index in [1.165, 1.54) is 0 Å². The van der Waals surface area contributed by atoms with E-state index < -0.39 is 6.04 Å². The molecule has 176 valence electrons. The number of aromatic nitrogens is 3. The molecular weight excluding hydrogens is 485 g/mol. The van der Waals surface area contributed by atoms with Crippen LogP contribution in [0.1, 0.15) is 18.5 Å². The van der Waals surface area contributed by atoms with Crippen LogP contribution in [-0.4, -0.2) is 27.8 Å². The van der Waals surface area contributed by atoms with Crippen molar-refractivity contribution in [2.75, 3.05) is 17.7 Å². The van der Waals surface area contributed by atoms with Gasteiger partial charge in [0.2, 0.25) is 5.95 Å². The molecule has 0 saturated carbocycles. The zero-order chi connectivity index (χ0) is 24.5. The van der Waals surface area contributed by atoms with Crippen molar-refractivity contribution >= 4 is 40.7 Å². The van der Waals surface area contributed by atoms with E-state index >= 15 is 0 Å². The minimum Gasteiger partial charge on any atom is -0.497 e. The Morgan fingerprint density at radius 3 is 2.60 bits per heavy atom. The van der Waals surface area contributed by atoms with E-state index in [2.05, 4.69) is 10.6 Å². The maximum Gasteiger partial charge on any atom is 0.255 e. The van der Waals surface area contributed by atoms with Crippen molar-refractivity contribution in [3.05, 3.63) is 99.7 Å². The number of ether oxygens (including phenoxy) is 1. The number of allylic oxidation sites excluding steroid dienone is 1. The summed E-state index contributed by atoms with van der Waals surface area (Å²) in [4.78, 5) is 18.3. The largest absolute Gasteiger partial charge is 0.497 e. The fourth-order valence-corrected chi connectivity index (χ4v) is 4.57. The van der Waals surface area contributed by atoms with Gasteiger partial charge in [-0.15, -0.1) is 5.10 Å². The summed E-state index contributed by atoms with van der Waals surface area (Å²) < 4.78 is 7.03. The van der Waals surface area contributed by atoms with Gasteiger partial charge in [0.15, 0.2) is 5.82 Å². The van der Waals surface area contributed by atoms with Crippen LogP contribution < -0.4 is 15.4 Å². The summed E-state index contributed by atoms with van der Waals surface area (Å²) in [6.07, 6.45) is 0. The zero-order valence-electron chi connectivity index (χ0n) is 18.9. The number of carbonyl (C=O) groups excluding carboxylic acids is 1. The van der Waals surface area contributed by atoms with E-state index in [9.17, 15) is 4.79 Å². The Morgan fingerprint density at radius 2 is 1.86 bits per heavy atom. The molecule has 1 unspecified atom stereocenters. The van der Waals surface area contributed by atoms with Gasteiger partial charge in [-0.1, -0.05) is 59.6 Å². The van der Waals surface area contributed by atoms with Gasteiger partial charge in [0.1, 0.15) is 11.8 Å². The smallest absolute Gasteiger partial charge is 0.255 e. The Morgan fingerprint density at radius 1 is 1.06 bits per heavy atom. The van der Waals surface area contributed by atoms with Crippen LogP contribution in [0.5, 0.6) is 5.75 Å². The highest BCUT2D eigenvalue weighted by molar-refractivity contribution is 6.35. The van der Waals surface area contributed by atoms with Crippen LogP contribution in [0.3, 0.4) is 0 Å². The number of para-hydroxylation sites is 1. The Balaban J connectivity index is 1.63. The number of fused-ring (bicyclic) bond motifs is 1. The predicted molar refractivity (Wildman–Crippen MR) is 138 cm³/mol. The number of rotatable bonds is 5. The fourth-order valence-electron chi connectivity index (χ4n) is 4.06. The van der Waals surface area contributed by atoms with Gasteiger partial charge in [0.25, 0.3) is 5.91 Å². The van der Waals surface area contributed by atoms with Gasteiger partial charge in [0.05, 0.1) is 12.7 Å². The van der Waals surface area contributed by atoms with Gasteiger partial charge < -0.3 is 15.4 Å². The molecule has 3 aromatic carbocycles. The number of carbonyl (C=O) groups is 1. The monoisotopic (exact) mass is 505 g/mol. The van der Waals surface area contributed by atoms with E-state index in [0.29, 0.717) is 50.1 Å². The fraction of sp³-hybridized carbons (Fsp3) is 0.115. The first-order valence-electron chi connectivity index (χ1n) is 10.8. The lowest BCUT2D eigenvalue weighted by atomic mass is 9.95. The van der Waals surface area contributed by atoms with Crippen molar-refractivity contribution in [2.45, 2.75) is 13.0 Å². The number of hydrogen-bond donors (Lipinski definition) is 2. The lowest BCUT2D eigenvalue weighted by Gasteiger charge is -2.29. The molecule has 1 aromatic heterocycles. The van der Waals surface area contributed by atoms with Crippen LogP contribution in [0.2, 0.25) is 10.0 Å². The second-order valence-electron chi connectivity index (χ2n) is 7.99. The molecule has 0 fully saturated rings. The maximum absolute atomic E-state index is 13.6. The van der Waals surface area contributed by atoms with Crippen LogP contribution in [-0.2, 0) is 4.79 Å². The second kappa shape index (κ2) is 9.44. The molecule has 2 N–H and O–H groups in total. The minimum absolute atomic E-state index is 0.277. The SMILES string of the molecule is COc1cccc(-c2nc3n(n2)C(c2ccc(Cl)cc2Cl)C(C(=O)Nc2ccccc2)=C(C)N3)c1. The zero-order valence-corrected chi connectivity index (χ0v) is 20.4. The summed E-state index contributed by atoms with van der Waals surface area (Å²) in [6, 6.07) is 21.3. The molecule has 0 bridgehead atoms. The first-order valence-corrected chi connectivity index (χ1v) is 11.6. The third-order valence-corrected chi connectivity index (χ3v) is 6.28. The van der Waals surface area contributed by atoms with E-state index in [-0.39, 0.29) is 5.91 Å². The maximum atomic E-state index is 13.6. The molecule has 1 amide bonds. The molecule has 1 atom stereocenters. The average Bonchev–Trinajstić information content (AvgIpc) is 3.28. The highest BCUT2D eigenvalue weighted by atomic mass is 35.5. The summed E-state index contributed by atoms with van der Waals surface area (Å²) in [5.41, 5.74) is 3.25. The normalized spacial score (nSPS) is 14.8.